The summed E-state index contributed by atoms with van der Waals surface area (Å²) in [5.74, 6) is -0.498. The van der Waals surface area contributed by atoms with E-state index in [4.69, 9.17) is 10.8 Å². The molecule has 0 amide bonds. The molecule has 0 bridgehead atoms. The van der Waals surface area contributed by atoms with Gasteiger partial charge >= 0.3 is 5.97 Å². The first-order valence-electron chi connectivity index (χ1n) is 5.19. The summed E-state index contributed by atoms with van der Waals surface area (Å²) in [4.78, 5) is 19.0. The van der Waals surface area contributed by atoms with Gasteiger partial charge in [0.25, 0.3) is 0 Å². The number of rotatable bonds is 4. The predicted octanol–water partition coefficient (Wildman–Crippen LogP) is 2.05. The maximum Gasteiger partial charge on any atom is 0.354 e. The number of nitrogen functional groups attached to an aromatic ring is 1. The van der Waals surface area contributed by atoms with Crippen molar-refractivity contribution in [2.24, 2.45) is 0 Å². The first kappa shape index (κ1) is 12.4. The predicted molar refractivity (Wildman–Crippen MR) is 69.4 cm³/mol. The third-order valence-electron chi connectivity index (χ3n) is 2.18. The number of aromatic carboxylic acids is 1. The summed E-state index contributed by atoms with van der Waals surface area (Å²) in [5.41, 5.74) is 7.10. The van der Waals surface area contributed by atoms with E-state index >= 15 is 0 Å². The molecule has 0 saturated carbocycles. The van der Waals surface area contributed by atoms with Gasteiger partial charge < -0.3 is 10.8 Å². The van der Waals surface area contributed by atoms with Gasteiger partial charge in [0.05, 0.1) is 11.4 Å². The summed E-state index contributed by atoms with van der Waals surface area (Å²) >= 11 is 1.43. The third kappa shape index (κ3) is 2.98. The Kier molecular flexibility index (Phi) is 3.78. The van der Waals surface area contributed by atoms with Gasteiger partial charge in [-0.15, -0.1) is 0 Å². The second kappa shape index (κ2) is 5.50. The molecule has 0 aliphatic heterocycles. The fraction of sp³-hybridized carbons (Fsp3) is 0.0833. The smallest absolute Gasteiger partial charge is 0.354 e. The lowest BCUT2D eigenvalue weighted by Gasteiger charge is -2.04. The second-order valence-electron chi connectivity index (χ2n) is 3.51. The number of nitrogens with zero attached hydrogens (tertiary/aromatic N) is 2. The van der Waals surface area contributed by atoms with Crippen molar-refractivity contribution in [2.45, 2.75) is 10.8 Å². The third-order valence-corrected chi connectivity index (χ3v) is 3.24. The Labute approximate surface area is 108 Å². The molecular weight excluding hydrogens is 250 g/mol. The van der Waals surface area contributed by atoms with Crippen LogP contribution in [0.25, 0.3) is 0 Å². The lowest BCUT2D eigenvalue weighted by atomic mass is 10.3. The van der Waals surface area contributed by atoms with Crippen LogP contribution in [0.15, 0.2) is 41.6 Å². The lowest BCUT2D eigenvalue weighted by Crippen LogP contribution is -2.02. The summed E-state index contributed by atoms with van der Waals surface area (Å²) in [6.07, 6.45) is 1.67. The Hall–Kier alpha value is -2.08. The van der Waals surface area contributed by atoms with Crippen molar-refractivity contribution in [3.05, 3.63) is 47.9 Å². The number of nitrogens with two attached hydrogens (primary N) is 1. The van der Waals surface area contributed by atoms with Gasteiger partial charge in [0.2, 0.25) is 0 Å². The van der Waals surface area contributed by atoms with Gasteiger partial charge in [0.15, 0.2) is 0 Å². The van der Waals surface area contributed by atoms with Gasteiger partial charge in [-0.3, -0.25) is 0 Å². The van der Waals surface area contributed by atoms with E-state index in [1.165, 1.54) is 17.8 Å². The monoisotopic (exact) mass is 261 g/mol. The van der Waals surface area contributed by atoms with E-state index in [0.29, 0.717) is 17.1 Å². The normalized spacial score (nSPS) is 10.2. The van der Waals surface area contributed by atoms with E-state index in [1.807, 2.05) is 0 Å². The summed E-state index contributed by atoms with van der Waals surface area (Å²) < 4.78 is 0. The Morgan fingerprint density at radius 3 is 2.89 bits per heavy atom. The van der Waals surface area contributed by atoms with E-state index in [9.17, 15) is 4.79 Å². The van der Waals surface area contributed by atoms with Crippen molar-refractivity contribution in [3.63, 3.8) is 0 Å². The second-order valence-corrected chi connectivity index (χ2v) is 4.47. The van der Waals surface area contributed by atoms with Crippen molar-refractivity contribution in [1.82, 2.24) is 9.97 Å². The van der Waals surface area contributed by atoms with Gasteiger partial charge in [0.1, 0.15) is 10.7 Å². The average Bonchev–Trinajstić information content (AvgIpc) is 2.38. The minimum absolute atomic E-state index is 0.0436. The molecule has 2 aromatic heterocycles. The van der Waals surface area contributed by atoms with Crippen molar-refractivity contribution >= 4 is 23.4 Å². The van der Waals surface area contributed by atoms with Gasteiger partial charge in [-0.2, -0.15) is 0 Å². The van der Waals surface area contributed by atoms with E-state index in [-0.39, 0.29) is 5.69 Å². The van der Waals surface area contributed by atoms with E-state index in [2.05, 4.69) is 9.97 Å². The number of anilines is 1. The Morgan fingerprint density at radius 1 is 1.33 bits per heavy atom. The standard InChI is InChI=1S/C12H11N3O2S/c13-9-4-2-6-14-11(9)18-7-8-3-1-5-10(15-8)12(16)17/h1-6H,7,13H2,(H,16,17). The zero-order valence-electron chi connectivity index (χ0n) is 9.41. The van der Waals surface area contributed by atoms with Crippen LogP contribution in [0.1, 0.15) is 16.2 Å². The van der Waals surface area contributed by atoms with Gasteiger partial charge in [-0.05, 0) is 24.3 Å². The highest BCUT2D eigenvalue weighted by atomic mass is 32.2. The Morgan fingerprint density at radius 2 is 2.17 bits per heavy atom. The number of carboxylic acid groups (broad SMARTS) is 1. The lowest BCUT2D eigenvalue weighted by molar-refractivity contribution is 0.0690. The molecule has 0 saturated heterocycles. The highest BCUT2D eigenvalue weighted by molar-refractivity contribution is 7.98. The number of carboxylic acids is 1. The zero-order chi connectivity index (χ0) is 13.0. The van der Waals surface area contributed by atoms with Gasteiger partial charge in [-0.1, -0.05) is 17.8 Å². The number of hydrogen-bond acceptors (Lipinski definition) is 5. The molecule has 0 aliphatic rings. The molecule has 0 atom stereocenters. The minimum atomic E-state index is -1.03. The molecule has 0 aromatic carbocycles. The zero-order valence-corrected chi connectivity index (χ0v) is 10.2. The molecule has 0 radical (unpaired) electrons. The van der Waals surface area contributed by atoms with Crippen molar-refractivity contribution in [1.29, 1.82) is 0 Å². The summed E-state index contributed by atoms with van der Waals surface area (Å²) in [6.45, 7) is 0. The highest BCUT2D eigenvalue weighted by Crippen LogP contribution is 2.24. The van der Waals surface area contributed by atoms with Crippen LogP contribution in [-0.4, -0.2) is 21.0 Å². The molecule has 0 unspecified atom stereocenters. The van der Waals surface area contributed by atoms with E-state index < -0.39 is 5.97 Å². The number of hydrogen-bond donors (Lipinski definition) is 2. The fourth-order valence-electron chi connectivity index (χ4n) is 1.35. The molecule has 3 N–H and O–H groups in total. The van der Waals surface area contributed by atoms with Crippen LogP contribution < -0.4 is 5.73 Å². The van der Waals surface area contributed by atoms with Crippen LogP contribution in [0.5, 0.6) is 0 Å². The first-order valence-corrected chi connectivity index (χ1v) is 6.18. The van der Waals surface area contributed by atoms with Gasteiger partial charge in [-0.25, -0.2) is 14.8 Å². The molecule has 2 aromatic rings. The largest absolute Gasteiger partial charge is 0.477 e. The van der Waals surface area contributed by atoms with Crippen LogP contribution in [0, 0.1) is 0 Å². The number of thioether (sulfide) groups is 1. The topological polar surface area (TPSA) is 89.1 Å². The Balaban J connectivity index is 2.09. The molecule has 2 heterocycles. The van der Waals surface area contributed by atoms with Gasteiger partial charge in [0, 0.05) is 11.9 Å². The molecule has 0 spiro atoms. The summed E-state index contributed by atoms with van der Waals surface area (Å²) in [5, 5.41) is 9.56. The molecular formula is C12H11N3O2S. The average molecular weight is 261 g/mol. The SMILES string of the molecule is Nc1cccnc1SCc1cccc(C(=O)O)n1. The summed E-state index contributed by atoms with van der Waals surface area (Å²) in [7, 11) is 0. The van der Waals surface area contributed by atoms with E-state index in [0.717, 1.165) is 5.03 Å². The van der Waals surface area contributed by atoms with Crippen LogP contribution in [-0.2, 0) is 5.75 Å². The molecule has 5 nitrogen and oxygen atoms in total. The highest BCUT2D eigenvalue weighted by Gasteiger charge is 2.06. The van der Waals surface area contributed by atoms with Crippen LogP contribution in [0.3, 0.4) is 0 Å². The minimum Gasteiger partial charge on any atom is -0.477 e. The molecule has 0 aliphatic carbocycles. The number of aromatic nitrogens is 2. The van der Waals surface area contributed by atoms with Crippen molar-refractivity contribution < 1.29 is 9.90 Å². The number of carbonyl (C=O) groups is 1. The fourth-order valence-corrected chi connectivity index (χ4v) is 2.16. The maximum atomic E-state index is 10.8. The van der Waals surface area contributed by atoms with Crippen LogP contribution in [0.4, 0.5) is 5.69 Å². The molecule has 92 valence electrons. The van der Waals surface area contributed by atoms with Crippen molar-refractivity contribution in [3.8, 4) is 0 Å². The van der Waals surface area contributed by atoms with E-state index in [1.54, 1.807) is 30.5 Å². The Bertz CT molecular complexity index is 575. The first-order chi connectivity index (χ1) is 8.66. The van der Waals surface area contributed by atoms with Crippen LogP contribution >= 0.6 is 11.8 Å². The summed E-state index contributed by atoms with van der Waals surface area (Å²) in [6, 6.07) is 8.46. The maximum absolute atomic E-state index is 10.8. The quantitative estimate of drug-likeness (QED) is 0.819. The molecule has 2 rings (SSSR count). The molecule has 6 heteroatoms. The number of pyridine rings is 2. The molecule has 0 fully saturated rings. The van der Waals surface area contributed by atoms with Crippen LogP contribution in [0.2, 0.25) is 0 Å². The van der Waals surface area contributed by atoms with Crippen molar-refractivity contribution in [2.75, 3.05) is 5.73 Å². The molecule has 18 heavy (non-hydrogen) atoms.